The summed E-state index contributed by atoms with van der Waals surface area (Å²) in [5, 5.41) is 13.9. The van der Waals surface area contributed by atoms with Crippen LogP contribution in [0.2, 0.25) is 5.02 Å². The Kier molecular flexibility index (Phi) is 5.59. The lowest BCUT2D eigenvalue weighted by Gasteiger charge is -2.34. The number of anilines is 2. The van der Waals surface area contributed by atoms with Gasteiger partial charge in [-0.2, -0.15) is 0 Å². The van der Waals surface area contributed by atoms with E-state index in [1.54, 1.807) is 18.5 Å². The van der Waals surface area contributed by atoms with E-state index in [1.807, 2.05) is 4.90 Å². The van der Waals surface area contributed by atoms with Crippen LogP contribution in [0.25, 0.3) is 0 Å². The number of carbonyl (C=O) groups excluding carboxylic acids is 1. The predicted molar refractivity (Wildman–Crippen MR) is 97.4 cm³/mol. The Balaban J connectivity index is 1.54. The molecule has 1 saturated heterocycles. The lowest BCUT2D eigenvalue weighted by atomic mass is 10.2. The largest absolute Gasteiger partial charge is 0.338 e. The van der Waals surface area contributed by atoms with Crippen molar-refractivity contribution in [2.75, 3.05) is 42.9 Å². The van der Waals surface area contributed by atoms with E-state index in [-0.39, 0.29) is 28.8 Å². The van der Waals surface area contributed by atoms with Crippen molar-refractivity contribution < 1.29 is 9.72 Å². The monoisotopic (exact) mass is 376 g/mol. The van der Waals surface area contributed by atoms with Crippen molar-refractivity contribution >= 4 is 34.8 Å². The molecule has 1 aliphatic heterocycles. The van der Waals surface area contributed by atoms with Gasteiger partial charge in [0.1, 0.15) is 5.69 Å². The van der Waals surface area contributed by atoms with E-state index < -0.39 is 4.92 Å². The van der Waals surface area contributed by atoms with Crippen LogP contribution in [0.4, 0.5) is 17.3 Å². The molecule has 10 heteroatoms. The van der Waals surface area contributed by atoms with Crippen LogP contribution in [0.3, 0.4) is 0 Å². The normalized spacial score (nSPS) is 14.9. The second-order valence-electron chi connectivity index (χ2n) is 5.78. The molecule has 0 saturated carbocycles. The molecule has 2 aromatic rings. The zero-order valence-electron chi connectivity index (χ0n) is 13.8. The van der Waals surface area contributed by atoms with Crippen molar-refractivity contribution in [1.82, 2.24) is 14.9 Å². The number of nitrogens with zero attached hydrogens (tertiary/aromatic N) is 5. The molecule has 0 bridgehead atoms. The highest BCUT2D eigenvalue weighted by Gasteiger charge is 2.22. The minimum atomic E-state index is -0.569. The lowest BCUT2D eigenvalue weighted by molar-refractivity contribution is -0.383. The number of nitro benzene ring substituents is 1. The highest BCUT2D eigenvalue weighted by molar-refractivity contribution is 6.31. The van der Waals surface area contributed by atoms with E-state index in [9.17, 15) is 14.9 Å². The average Bonchev–Trinajstić information content (AvgIpc) is 2.64. The van der Waals surface area contributed by atoms with E-state index in [0.717, 1.165) is 0 Å². The van der Waals surface area contributed by atoms with Gasteiger partial charge in [-0.25, -0.2) is 9.97 Å². The topological polar surface area (TPSA) is 104 Å². The van der Waals surface area contributed by atoms with Gasteiger partial charge in [0.15, 0.2) is 0 Å². The molecule has 0 spiro atoms. The molecule has 0 atom stereocenters. The zero-order chi connectivity index (χ0) is 18.5. The maximum atomic E-state index is 12.2. The summed E-state index contributed by atoms with van der Waals surface area (Å²) in [6.45, 7) is 2.92. The molecular weight excluding hydrogens is 360 g/mol. The second kappa shape index (κ2) is 8.07. The van der Waals surface area contributed by atoms with E-state index in [4.69, 9.17) is 11.6 Å². The third kappa shape index (κ3) is 4.44. The minimum absolute atomic E-state index is 0.140. The number of hydrogen-bond acceptors (Lipinski definition) is 7. The molecule has 0 aliphatic carbocycles. The smallest absolute Gasteiger partial charge is 0.294 e. The fourth-order valence-electron chi connectivity index (χ4n) is 2.71. The van der Waals surface area contributed by atoms with Crippen LogP contribution in [0.15, 0.2) is 36.7 Å². The highest BCUT2D eigenvalue weighted by atomic mass is 35.5. The number of hydrogen-bond donors (Lipinski definition) is 1. The Labute approximate surface area is 154 Å². The summed E-state index contributed by atoms with van der Waals surface area (Å²) in [5.74, 6) is 0.369. The number of benzene rings is 1. The Morgan fingerprint density at radius 3 is 2.58 bits per heavy atom. The second-order valence-corrected chi connectivity index (χ2v) is 6.22. The fourth-order valence-corrected chi connectivity index (χ4v) is 2.88. The van der Waals surface area contributed by atoms with Crippen molar-refractivity contribution in [2.24, 2.45) is 0 Å². The molecule has 9 nitrogen and oxygen atoms in total. The van der Waals surface area contributed by atoms with Gasteiger partial charge in [-0.05, 0) is 18.2 Å². The van der Waals surface area contributed by atoms with E-state index in [1.165, 1.54) is 18.2 Å². The fraction of sp³-hybridized carbons (Fsp3) is 0.312. The highest BCUT2D eigenvalue weighted by Crippen LogP contribution is 2.27. The Hall–Kier alpha value is -2.78. The van der Waals surface area contributed by atoms with Crippen molar-refractivity contribution in [3.8, 4) is 0 Å². The van der Waals surface area contributed by atoms with Gasteiger partial charge in [0, 0.05) is 49.7 Å². The quantitative estimate of drug-likeness (QED) is 0.626. The van der Waals surface area contributed by atoms with Crippen LogP contribution in [-0.2, 0) is 4.79 Å². The van der Waals surface area contributed by atoms with Crippen molar-refractivity contribution in [3.63, 3.8) is 0 Å². The van der Waals surface area contributed by atoms with Crippen LogP contribution in [0.5, 0.6) is 0 Å². The standard InChI is InChI=1S/C16H17ClN6O3/c17-12-2-3-13(14(10-12)23(25)26)20-15(24)11-21-6-8-22(9-7-21)16-18-4-1-5-19-16/h1-5,10H,6-9,11H2,(H,20,24). The van der Waals surface area contributed by atoms with Gasteiger partial charge in [-0.15, -0.1) is 0 Å². The van der Waals surface area contributed by atoms with Crippen molar-refractivity contribution in [2.45, 2.75) is 0 Å². The summed E-state index contributed by atoms with van der Waals surface area (Å²) in [4.78, 5) is 35.2. The molecule has 1 amide bonds. The third-order valence-corrected chi connectivity index (χ3v) is 4.24. The number of nitro groups is 1. The number of amides is 1. The van der Waals surface area contributed by atoms with Crippen LogP contribution >= 0.6 is 11.6 Å². The van der Waals surface area contributed by atoms with Crippen molar-refractivity contribution in [1.29, 1.82) is 0 Å². The molecule has 1 N–H and O–H groups in total. The minimum Gasteiger partial charge on any atom is -0.338 e. The Morgan fingerprint density at radius 1 is 1.23 bits per heavy atom. The van der Waals surface area contributed by atoms with Gasteiger partial charge in [0.05, 0.1) is 11.5 Å². The Bertz CT molecular complexity index is 796. The molecule has 0 unspecified atom stereocenters. The predicted octanol–water partition coefficient (Wildman–Crippen LogP) is 1.80. The summed E-state index contributed by atoms with van der Waals surface area (Å²) in [7, 11) is 0. The van der Waals surface area contributed by atoms with Gasteiger partial charge in [0.25, 0.3) is 5.69 Å². The molecule has 1 aromatic heterocycles. The van der Waals surface area contributed by atoms with Crippen LogP contribution in [-0.4, -0.2) is 58.4 Å². The summed E-state index contributed by atoms with van der Waals surface area (Å²) in [5.41, 5.74) is -0.0855. The zero-order valence-corrected chi connectivity index (χ0v) is 14.6. The number of rotatable bonds is 5. The summed E-state index contributed by atoms with van der Waals surface area (Å²) >= 11 is 5.78. The first-order chi connectivity index (χ1) is 12.5. The summed E-state index contributed by atoms with van der Waals surface area (Å²) in [6, 6.07) is 5.92. The molecule has 0 radical (unpaired) electrons. The first-order valence-electron chi connectivity index (χ1n) is 8.01. The van der Waals surface area contributed by atoms with E-state index in [2.05, 4.69) is 20.2 Å². The van der Waals surface area contributed by atoms with E-state index in [0.29, 0.717) is 32.1 Å². The SMILES string of the molecule is O=C(CN1CCN(c2ncccn2)CC1)Nc1ccc(Cl)cc1[N+](=O)[O-]. The molecule has 1 aromatic carbocycles. The Morgan fingerprint density at radius 2 is 1.92 bits per heavy atom. The number of aromatic nitrogens is 2. The van der Waals surface area contributed by atoms with Gasteiger partial charge < -0.3 is 10.2 Å². The lowest BCUT2D eigenvalue weighted by Crippen LogP contribution is -2.49. The number of halogens is 1. The molecule has 1 fully saturated rings. The van der Waals surface area contributed by atoms with Gasteiger partial charge in [-0.3, -0.25) is 19.8 Å². The molecule has 2 heterocycles. The number of piperazine rings is 1. The van der Waals surface area contributed by atoms with Gasteiger partial charge in [-0.1, -0.05) is 11.6 Å². The molecule has 3 rings (SSSR count). The third-order valence-electron chi connectivity index (χ3n) is 4.01. The van der Waals surface area contributed by atoms with Crippen LogP contribution in [0, 0.1) is 10.1 Å². The maximum absolute atomic E-state index is 12.2. The molecule has 1 aliphatic rings. The van der Waals surface area contributed by atoms with Crippen molar-refractivity contribution in [3.05, 3.63) is 51.8 Å². The maximum Gasteiger partial charge on any atom is 0.294 e. The van der Waals surface area contributed by atoms with Gasteiger partial charge >= 0.3 is 0 Å². The van der Waals surface area contributed by atoms with Crippen LogP contribution < -0.4 is 10.2 Å². The first kappa shape index (κ1) is 18.0. The summed E-state index contributed by atoms with van der Waals surface area (Å²) in [6.07, 6.45) is 3.39. The molecule has 26 heavy (non-hydrogen) atoms. The molecule has 136 valence electrons. The average molecular weight is 377 g/mol. The van der Waals surface area contributed by atoms with Crippen LogP contribution in [0.1, 0.15) is 0 Å². The number of carbonyl (C=O) groups is 1. The van der Waals surface area contributed by atoms with Gasteiger partial charge in [0.2, 0.25) is 11.9 Å². The number of nitrogens with one attached hydrogen (secondary N) is 1. The first-order valence-corrected chi connectivity index (χ1v) is 8.39. The van der Waals surface area contributed by atoms with E-state index >= 15 is 0 Å². The molecular formula is C16H17ClN6O3. The summed E-state index contributed by atoms with van der Waals surface area (Å²) < 4.78 is 0.